The van der Waals surface area contributed by atoms with Gasteiger partial charge < -0.3 is 14.2 Å². The summed E-state index contributed by atoms with van der Waals surface area (Å²) in [4.78, 5) is 38.2. The van der Waals surface area contributed by atoms with E-state index >= 15 is 0 Å². The highest BCUT2D eigenvalue weighted by Gasteiger charge is 2.19. The van der Waals surface area contributed by atoms with E-state index in [0.29, 0.717) is 19.3 Å². The number of carbonyl (C=O) groups excluding carboxylic acids is 3. The van der Waals surface area contributed by atoms with Crippen molar-refractivity contribution in [3.8, 4) is 0 Å². The molecule has 6 nitrogen and oxygen atoms in total. The van der Waals surface area contributed by atoms with Crippen LogP contribution in [0, 0.1) is 0 Å². The van der Waals surface area contributed by atoms with Crippen LogP contribution in [-0.2, 0) is 28.6 Å². The molecule has 0 saturated carbocycles. The molecule has 74 heavy (non-hydrogen) atoms. The molecule has 0 aromatic rings. The van der Waals surface area contributed by atoms with E-state index in [0.717, 1.165) is 109 Å². The summed E-state index contributed by atoms with van der Waals surface area (Å²) < 4.78 is 16.9. The SMILES string of the molecule is CC/C=C\C/C=C\C/C=C\C/C=C\CCCCCCCCC(=O)OC(COC(=O)CCCCCCC/C=C\CCC)COC(=O)CCCCCCCCCCCCCCCCCCCCCCCCCCCCC. The molecule has 0 aromatic heterocycles. The molecule has 0 aliphatic rings. The van der Waals surface area contributed by atoms with Gasteiger partial charge in [-0.1, -0.05) is 300 Å². The van der Waals surface area contributed by atoms with Gasteiger partial charge in [0.05, 0.1) is 0 Å². The van der Waals surface area contributed by atoms with Crippen LogP contribution in [0.5, 0.6) is 0 Å². The first-order valence-electron chi connectivity index (χ1n) is 32.3. The predicted octanol–water partition coefficient (Wildman–Crippen LogP) is 21.9. The molecule has 0 spiro atoms. The number of esters is 3. The molecule has 0 N–H and O–H groups in total. The van der Waals surface area contributed by atoms with Crippen LogP contribution in [0.3, 0.4) is 0 Å². The summed E-state index contributed by atoms with van der Waals surface area (Å²) in [6.45, 7) is 6.49. The first kappa shape index (κ1) is 71.1. The fourth-order valence-electron chi connectivity index (χ4n) is 9.44. The number of hydrogen-bond acceptors (Lipinski definition) is 6. The Bertz CT molecular complexity index is 1330. The van der Waals surface area contributed by atoms with Crippen LogP contribution in [0.1, 0.15) is 335 Å². The van der Waals surface area contributed by atoms with Gasteiger partial charge in [-0.2, -0.15) is 0 Å². The fourth-order valence-corrected chi connectivity index (χ4v) is 9.44. The molecule has 1 unspecified atom stereocenters. The smallest absolute Gasteiger partial charge is 0.306 e. The van der Waals surface area contributed by atoms with Crippen molar-refractivity contribution < 1.29 is 28.6 Å². The lowest BCUT2D eigenvalue weighted by molar-refractivity contribution is -0.167. The summed E-state index contributed by atoms with van der Waals surface area (Å²) in [6, 6.07) is 0. The molecule has 0 saturated heterocycles. The molecule has 0 radical (unpaired) electrons. The molecule has 0 amide bonds. The molecule has 1 atom stereocenters. The van der Waals surface area contributed by atoms with Gasteiger partial charge in [0.2, 0.25) is 0 Å². The Balaban J connectivity index is 4.18. The Morgan fingerprint density at radius 3 is 0.892 bits per heavy atom. The summed E-state index contributed by atoms with van der Waals surface area (Å²) in [5.74, 6) is -0.890. The summed E-state index contributed by atoms with van der Waals surface area (Å²) in [7, 11) is 0. The standard InChI is InChI=1S/C68H122O6/c1-4-7-10-13-16-19-22-24-26-28-30-31-32-33-34-35-36-37-39-40-42-44-46-49-52-55-58-61-67(70)73-64-65(63-72-66(69)60-57-54-51-48-21-18-15-12-9-6-3)74-68(71)62-59-56-53-50-47-45-43-41-38-29-27-25-23-20-17-14-11-8-5-2/h8,11-12,15,17,20,25,27,38,41,65H,4-7,9-10,13-14,16,18-19,21-24,26,28-37,39-40,42-64H2,1-3H3/b11-8-,15-12-,20-17-,27-25-,41-38-. The molecule has 6 heteroatoms. The molecular weight excluding hydrogens is 913 g/mol. The molecule has 0 aliphatic heterocycles. The van der Waals surface area contributed by atoms with Crippen molar-refractivity contribution in [3.05, 3.63) is 60.8 Å². The van der Waals surface area contributed by atoms with Crippen molar-refractivity contribution in [1.29, 1.82) is 0 Å². The van der Waals surface area contributed by atoms with Crippen molar-refractivity contribution in [1.82, 2.24) is 0 Å². The number of rotatable bonds is 59. The Morgan fingerprint density at radius 1 is 0.284 bits per heavy atom. The maximum atomic E-state index is 12.9. The lowest BCUT2D eigenvalue weighted by atomic mass is 10.0. The minimum atomic E-state index is -0.784. The molecule has 0 fully saturated rings. The molecule has 0 aromatic carbocycles. The molecule has 0 aliphatic carbocycles. The zero-order chi connectivity index (χ0) is 53.6. The Labute approximate surface area is 460 Å². The van der Waals surface area contributed by atoms with Crippen LogP contribution in [0.2, 0.25) is 0 Å². The quantitative estimate of drug-likeness (QED) is 0.0261. The number of allylic oxidation sites excluding steroid dienone is 10. The van der Waals surface area contributed by atoms with E-state index in [1.54, 1.807) is 0 Å². The van der Waals surface area contributed by atoms with E-state index < -0.39 is 6.10 Å². The molecule has 430 valence electrons. The minimum absolute atomic E-state index is 0.0800. The topological polar surface area (TPSA) is 78.9 Å². The van der Waals surface area contributed by atoms with Crippen LogP contribution < -0.4 is 0 Å². The zero-order valence-electron chi connectivity index (χ0n) is 49.4. The van der Waals surface area contributed by atoms with Gasteiger partial charge in [0.25, 0.3) is 0 Å². The van der Waals surface area contributed by atoms with E-state index in [2.05, 4.69) is 81.5 Å². The maximum Gasteiger partial charge on any atom is 0.306 e. The highest BCUT2D eigenvalue weighted by Crippen LogP contribution is 2.18. The third-order valence-corrected chi connectivity index (χ3v) is 14.2. The van der Waals surface area contributed by atoms with Crippen molar-refractivity contribution in [3.63, 3.8) is 0 Å². The van der Waals surface area contributed by atoms with Crippen molar-refractivity contribution in [2.24, 2.45) is 0 Å². The number of carbonyl (C=O) groups is 3. The second-order valence-electron chi connectivity index (χ2n) is 21.6. The minimum Gasteiger partial charge on any atom is -0.462 e. The van der Waals surface area contributed by atoms with Gasteiger partial charge >= 0.3 is 17.9 Å². The average Bonchev–Trinajstić information content (AvgIpc) is 3.40. The second kappa shape index (κ2) is 62.6. The zero-order valence-corrected chi connectivity index (χ0v) is 49.4. The lowest BCUT2D eigenvalue weighted by Gasteiger charge is -2.18. The summed E-state index contributed by atoms with van der Waals surface area (Å²) in [6.07, 6.45) is 79.7. The van der Waals surface area contributed by atoms with Gasteiger partial charge in [0.15, 0.2) is 6.10 Å². The maximum absolute atomic E-state index is 12.9. The van der Waals surface area contributed by atoms with Gasteiger partial charge in [-0.3, -0.25) is 14.4 Å². The molecule has 0 heterocycles. The molecule has 0 rings (SSSR count). The van der Waals surface area contributed by atoms with Crippen LogP contribution in [0.4, 0.5) is 0 Å². The predicted molar refractivity (Wildman–Crippen MR) is 321 cm³/mol. The molecule has 0 bridgehead atoms. The monoisotopic (exact) mass is 1030 g/mol. The van der Waals surface area contributed by atoms with Gasteiger partial charge in [0, 0.05) is 19.3 Å². The van der Waals surface area contributed by atoms with Gasteiger partial charge in [0.1, 0.15) is 13.2 Å². The van der Waals surface area contributed by atoms with E-state index in [1.165, 1.54) is 186 Å². The normalized spacial score (nSPS) is 12.4. The van der Waals surface area contributed by atoms with Gasteiger partial charge in [-0.25, -0.2) is 0 Å². The summed E-state index contributed by atoms with van der Waals surface area (Å²) in [5, 5.41) is 0. The highest BCUT2D eigenvalue weighted by atomic mass is 16.6. The van der Waals surface area contributed by atoms with Crippen LogP contribution in [0.25, 0.3) is 0 Å². The number of ether oxygens (including phenoxy) is 3. The summed E-state index contributed by atoms with van der Waals surface area (Å²) in [5.41, 5.74) is 0. The van der Waals surface area contributed by atoms with E-state index in [1.807, 2.05) is 0 Å². The highest BCUT2D eigenvalue weighted by molar-refractivity contribution is 5.71. The Kier molecular flexibility index (Phi) is 60.2. The first-order valence-corrected chi connectivity index (χ1v) is 32.3. The third-order valence-electron chi connectivity index (χ3n) is 14.2. The second-order valence-corrected chi connectivity index (χ2v) is 21.6. The third kappa shape index (κ3) is 60.0. The van der Waals surface area contributed by atoms with Crippen molar-refractivity contribution in [2.75, 3.05) is 13.2 Å². The molecular formula is C68H122O6. The lowest BCUT2D eigenvalue weighted by Crippen LogP contribution is -2.30. The fraction of sp³-hybridized carbons (Fsp3) is 0.809. The van der Waals surface area contributed by atoms with Gasteiger partial charge in [-0.05, 0) is 77.0 Å². The van der Waals surface area contributed by atoms with E-state index in [9.17, 15) is 14.4 Å². The van der Waals surface area contributed by atoms with Crippen LogP contribution >= 0.6 is 0 Å². The number of unbranched alkanes of at least 4 members (excludes halogenated alkanes) is 38. The van der Waals surface area contributed by atoms with Crippen molar-refractivity contribution >= 4 is 17.9 Å². The first-order chi connectivity index (χ1) is 36.5. The number of hydrogen-bond donors (Lipinski definition) is 0. The van der Waals surface area contributed by atoms with E-state index in [-0.39, 0.29) is 31.1 Å². The van der Waals surface area contributed by atoms with E-state index in [4.69, 9.17) is 14.2 Å². The van der Waals surface area contributed by atoms with Crippen LogP contribution in [0.15, 0.2) is 60.8 Å². The van der Waals surface area contributed by atoms with Crippen molar-refractivity contribution in [2.45, 2.75) is 341 Å². The van der Waals surface area contributed by atoms with Crippen LogP contribution in [-0.4, -0.2) is 37.2 Å². The average molecular weight is 1040 g/mol. The largest absolute Gasteiger partial charge is 0.462 e. The Morgan fingerprint density at radius 2 is 0.554 bits per heavy atom. The Hall–Kier alpha value is -2.89. The summed E-state index contributed by atoms with van der Waals surface area (Å²) >= 11 is 0. The van der Waals surface area contributed by atoms with Gasteiger partial charge in [-0.15, -0.1) is 0 Å².